The first-order valence-electron chi connectivity index (χ1n) is 7.51. The van der Waals surface area contributed by atoms with Gasteiger partial charge in [-0.1, -0.05) is 23.2 Å². The molecule has 26 heavy (non-hydrogen) atoms. The van der Waals surface area contributed by atoms with Gasteiger partial charge in [0.2, 0.25) is 0 Å². The van der Waals surface area contributed by atoms with Gasteiger partial charge in [0.25, 0.3) is 5.91 Å². The molecule has 0 unspecified atom stereocenters. The van der Waals surface area contributed by atoms with Crippen molar-refractivity contribution in [3.8, 4) is 11.5 Å². The van der Waals surface area contributed by atoms with Crippen LogP contribution < -0.4 is 20.5 Å². The third kappa shape index (κ3) is 3.47. The third-order valence-electron chi connectivity index (χ3n) is 3.78. The number of primary amides is 1. The Bertz CT molecular complexity index is 1010. The normalized spacial score (nSPS) is 10.6. The third-order valence-corrected chi connectivity index (χ3v) is 4.39. The van der Waals surface area contributed by atoms with Gasteiger partial charge in [-0.05, 0) is 30.3 Å². The summed E-state index contributed by atoms with van der Waals surface area (Å²) in [4.78, 5) is 15.9. The molecule has 0 saturated carbocycles. The Labute approximate surface area is 159 Å². The molecule has 0 spiro atoms. The van der Waals surface area contributed by atoms with E-state index in [2.05, 4.69) is 10.3 Å². The molecule has 3 aromatic rings. The Morgan fingerprint density at radius 1 is 1.04 bits per heavy atom. The van der Waals surface area contributed by atoms with Crippen molar-refractivity contribution in [2.24, 2.45) is 5.73 Å². The van der Waals surface area contributed by atoms with Gasteiger partial charge in [-0.25, -0.2) is 4.98 Å². The first-order chi connectivity index (χ1) is 12.4. The number of nitrogens with one attached hydrogen (secondary N) is 1. The Morgan fingerprint density at radius 3 is 2.46 bits per heavy atom. The summed E-state index contributed by atoms with van der Waals surface area (Å²) < 4.78 is 10.5. The molecule has 0 saturated heterocycles. The maximum absolute atomic E-state index is 11.6. The molecule has 134 valence electrons. The molecule has 3 rings (SSSR count). The molecule has 0 aliphatic carbocycles. The van der Waals surface area contributed by atoms with Gasteiger partial charge in [0.05, 0.1) is 41.2 Å². The molecule has 0 fully saturated rings. The Morgan fingerprint density at radius 2 is 1.81 bits per heavy atom. The summed E-state index contributed by atoms with van der Waals surface area (Å²) in [7, 11) is 3.08. The van der Waals surface area contributed by atoms with Crippen LogP contribution in [0.2, 0.25) is 10.0 Å². The van der Waals surface area contributed by atoms with E-state index < -0.39 is 5.91 Å². The summed E-state index contributed by atoms with van der Waals surface area (Å²) in [6.45, 7) is 0. The maximum atomic E-state index is 11.6. The smallest absolute Gasteiger partial charge is 0.267 e. The number of amides is 1. The van der Waals surface area contributed by atoms with Crippen LogP contribution in [-0.2, 0) is 0 Å². The molecule has 6 nitrogen and oxygen atoms in total. The minimum Gasteiger partial charge on any atom is -0.497 e. The number of carbonyl (C=O) groups excluding carboxylic acids is 1. The first kappa shape index (κ1) is 18.1. The van der Waals surface area contributed by atoms with E-state index in [4.69, 9.17) is 38.4 Å². The summed E-state index contributed by atoms with van der Waals surface area (Å²) in [5.74, 6) is 0.476. The summed E-state index contributed by atoms with van der Waals surface area (Å²) in [6, 6.07) is 10.1. The molecule has 0 bridgehead atoms. The number of hydrogen-bond donors (Lipinski definition) is 2. The lowest BCUT2D eigenvalue weighted by atomic mass is 10.1. The minimum atomic E-state index is -0.634. The van der Waals surface area contributed by atoms with Crippen LogP contribution in [0.4, 0.5) is 11.4 Å². The van der Waals surface area contributed by atoms with Crippen molar-refractivity contribution in [2.45, 2.75) is 0 Å². The van der Waals surface area contributed by atoms with Gasteiger partial charge in [-0.2, -0.15) is 0 Å². The molecule has 0 aliphatic rings. The number of carbonyl (C=O) groups is 1. The fourth-order valence-electron chi connectivity index (χ4n) is 2.49. The monoisotopic (exact) mass is 391 g/mol. The van der Waals surface area contributed by atoms with Gasteiger partial charge in [0.1, 0.15) is 17.2 Å². The number of nitrogens with two attached hydrogens (primary N) is 1. The average Bonchev–Trinajstić information content (AvgIpc) is 2.63. The van der Waals surface area contributed by atoms with Crippen molar-refractivity contribution >= 4 is 51.4 Å². The molecule has 1 aromatic heterocycles. The van der Waals surface area contributed by atoms with Crippen LogP contribution in [0, 0.1) is 0 Å². The second-order valence-corrected chi connectivity index (χ2v) is 6.21. The standard InChI is InChI=1S/C18H15Cl2N3O3/c1-25-9-3-4-13-10(5-9)14(7-16(22-13)18(21)24)23-15-8-17(26-2)12(20)6-11(15)19/h3-8H,1-2H3,(H2,21,24)(H,22,23). The lowest BCUT2D eigenvalue weighted by Gasteiger charge is -2.14. The van der Waals surface area contributed by atoms with Crippen LogP contribution in [-0.4, -0.2) is 25.1 Å². The highest BCUT2D eigenvalue weighted by Gasteiger charge is 2.14. The zero-order valence-electron chi connectivity index (χ0n) is 14.0. The van der Waals surface area contributed by atoms with Gasteiger partial charge in [-0.3, -0.25) is 4.79 Å². The summed E-state index contributed by atoms with van der Waals surface area (Å²) in [5, 5.41) is 4.71. The first-order valence-corrected chi connectivity index (χ1v) is 8.27. The van der Waals surface area contributed by atoms with Crippen LogP contribution in [0.15, 0.2) is 36.4 Å². The van der Waals surface area contributed by atoms with Crippen LogP contribution in [0.25, 0.3) is 10.9 Å². The number of anilines is 2. The van der Waals surface area contributed by atoms with E-state index in [1.807, 2.05) is 0 Å². The van der Waals surface area contributed by atoms with Gasteiger partial charge in [0, 0.05) is 11.5 Å². The van der Waals surface area contributed by atoms with Crippen LogP contribution >= 0.6 is 23.2 Å². The van der Waals surface area contributed by atoms with Crippen LogP contribution in [0.3, 0.4) is 0 Å². The number of ether oxygens (including phenoxy) is 2. The van der Waals surface area contributed by atoms with Crippen molar-refractivity contribution < 1.29 is 14.3 Å². The fraction of sp³-hybridized carbons (Fsp3) is 0.111. The molecule has 0 aliphatic heterocycles. The van der Waals surface area contributed by atoms with Gasteiger partial charge in [-0.15, -0.1) is 0 Å². The highest BCUT2D eigenvalue weighted by molar-refractivity contribution is 6.37. The van der Waals surface area contributed by atoms with Gasteiger partial charge < -0.3 is 20.5 Å². The van der Waals surface area contributed by atoms with Crippen molar-refractivity contribution in [2.75, 3.05) is 19.5 Å². The van der Waals surface area contributed by atoms with E-state index in [9.17, 15) is 4.79 Å². The van der Waals surface area contributed by atoms with Crippen molar-refractivity contribution in [3.63, 3.8) is 0 Å². The quantitative estimate of drug-likeness (QED) is 0.672. The maximum Gasteiger partial charge on any atom is 0.267 e. The molecule has 1 heterocycles. The van der Waals surface area contributed by atoms with Crippen molar-refractivity contribution in [3.05, 3.63) is 52.1 Å². The average molecular weight is 392 g/mol. The van der Waals surface area contributed by atoms with E-state index in [0.717, 1.165) is 5.39 Å². The number of halogens is 2. The summed E-state index contributed by atoms with van der Waals surface area (Å²) in [6.07, 6.45) is 0. The number of pyridine rings is 1. The molecule has 2 aromatic carbocycles. The van der Waals surface area contributed by atoms with Crippen molar-refractivity contribution in [1.82, 2.24) is 4.98 Å². The number of methoxy groups -OCH3 is 2. The van der Waals surface area contributed by atoms with Crippen LogP contribution in [0.5, 0.6) is 11.5 Å². The largest absolute Gasteiger partial charge is 0.497 e. The molecule has 0 atom stereocenters. The number of fused-ring (bicyclic) bond motifs is 1. The van der Waals surface area contributed by atoms with Gasteiger partial charge in [0.15, 0.2) is 0 Å². The number of nitrogens with zero attached hydrogens (tertiary/aromatic N) is 1. The minimum absolute atomic E-state index is 0.127. The van der Waals surface area contributed by atoms with E-state index in [0.29, 0.717) is 38.4 Å². The predicted octanol–water partition coefficient (Wildman–Crippen LogP) is 4.40. The second-order valence-electron chi connectivity index (χ2n) is 5.39. The molecule has 0 radical (unpaired) electrons. The van der Waals surface area contributed by atoms with E-state index in [1.165, 1.54) is 7.11 Å². The van der Waals surface area contributed by atoms with E-state index in [1.54, 1.807) is 43.5 Å². The second kappa shape index (κ2) is 7.27. The molecular weight excluding hydrogens is 377 g/mol. The number of rotatable bonds is 5. The Balaban J connectivity index is 2.18. The molecular formula is C18H15Cl2N3O3. The highest BCUT2D eigenvalue weighted by Crippen LogP contribution is 2.37. The summed E-state index contributed by atoms with van der Waals surface area (Å²) >= 11 is 12.4. The number of aromatic nitrogens is 1. The molecule has 8 heteroatoms. The fourth-order valence-corrected chi connectivity index (χ4v) is 3.00. The molecule has 1 amide bonds. The zero-order chi connectivity index (χ0) is 18.8. The zero-order valence-corrected chi connectivity index (χ0v) is 15.5. The number of benzene rings is 2. The van der Waals surface area contributed by atoms with E-state index >= 15 is 0 Å². The molecule has 3 N–H and O–H groups in total. The van der Waals surface area contributed by atoms with Crippen LogP contribution in [0.1, 0.15) is 10.5 Å². The highest BCUT2D eigenvalue weighted by atomic mass is 35.5. The lowest BCUT2D eigenvalue weighted by Crippen LogP contribution is -2.13. The SMILES string of the molecule is COc1ccc2nc(C(N)=O)cc(Nc3cc(OC)c(Cl)cc3Cl)c2c1. The number of hydrogen-bond acceptors (Lipinski definition) is 5. The predicted molar refractivity (Wildman–Crippen MR) is 103 cm³/mol. The Kier molecular flexibility index (Phi) is 5.06. The van der Waals surface area contributed by atoms with Gasteiger partial charge >= 0.3 is 0 Å². The van der Waals surface area contributed by atoms with Crippen molar-refractivity contribution in [1.29, 1.82) is 0 Å². The lowest BCUT2D eigenvalue weighted by molar-refractivity contribution is 0.0996. The van der Waals surface area contributed by atoms with E-state index in [-0.39, 0.29) is 5.69 Å². The Hall–Kier alpha value is -2.70. The topological polar surface area (TPSA) is 86.5 Å². The summed E-state index contributed by atoms with van der Waals surface area (Å²) in [5.41, 5.74) is 7.26.